The zero-order chi connectivity index (χ0) is 34.7. The van der Waals surface area contributed by atoms with Gasteiger partial charge in [0.05, 0.1) is 54.2 Å². The zero-order valence-electron chi connectivity index (χ0n) is 28.8. The van der Waals surface area contributed by atoms with E-state index in [9.17, 15) is 9.59 Å². The molecule has 2 fully saturated rings. The molecule has 51 heavy (non-hydrogen) atoms. The third-order valence-electron chi connectivity index (χ3n) is 9.97. The second-order valence-corrected chi connectivity index (χ2v) is 13.2. The number of rotatable bonds is 10. The molecule has 3 aliphatic heterocycles. The van der Waals surface area contributed by atoms with Crippen LogP contribution < -0.4 is 24.7 Å². The van der Waals surface area contributed by atoms with Gasteiger partial charge in [-0.2, -0.15) is 0 Å². The van der Waals surface area contributed by atoms with E-state index in [1.165, 1.54) is 6.42 Å². The minimum atomic E-state index is -0.104. The number of aliphatic imine (C=N–C) groups is 1. The Balaban J connectivity index is 0.968. The van der Waals surface area contributed by atoms with E-state index in [2.05, 4.69) is 16.0 Å². The second-order valence-electron chi connectivity index (χ2n) is 13.2. The Kier molecular flexibility index (Phi) is 9.13. The Bertz CT molecular complexity index is 2140. The van der Waals surface area contributed by atoms with Gasteiger partial charge in [0.25, 0.3) is 11.5 Å². The summed E-state index contributed by atoms with van der Waals surface area (Å²) >= 11 is 0. The van der Waals surface area contributed by atoms with Crippen LogP contribution in [0, 0.1) is 0 Å². The Hall–Kier alpha value is -5.64. The fourth-order valence-corrected chi connectivity index (χ4v) is 7.29. The molecule has 0 aliphatic carbocycles. The number of ether oxygens (including phenoxy) is 3. The quantitative estimate of drug-likeness (QED) is 0.143. The number of aromatic nitrogens is 2. The lowest BCUT2D eigenvalue weighted by Gasteiger charge is -2.29. The van der Waals surface area contributed by atoms with Gasteiger partial charge < -0.3 is 24.0 Å². The number of carbonyl (C=O) groups is 1. The number of benzene rings is 4. The number of hydrogen-bond acceptors (Lipinski definition) is 8. The topological polar surface area (TPSA) is 98.5 Å². The average Bonchev–Trinajstić information content (AvgIpc) is 3.62. The molecule has 10 heteroatoms. The first-order chi connectivity index (χ1) is 25.1. The van der Waals surface area contributed by atoms with E-state index in [4.69, 9.17) is 19.2 Å². The van der Waals surface area contributed by atoms with Gasteiger partial charge in [0.1, 0.15) is 11.6 Å². The smallest absolute Gasteiger partial charge is 0.266 e. The van der Waals surface area contributed by atoms with Crippen molar-refractivity contribution in [1.82, 2.24) is 14.5 Å². The van der Waals surface area contributed by atoms with Crippen LogP contribution in [0.25, 0.3) is 28.0 Å². The lowest BCUT2D eigenvalue weighted by molar-refractivity contribution is 0.0774. The molecule has 0 spiro atoms. The van der Waals surface area contributed by atoms with E-state index in [0.29, 0.717) is 70.5 Å². The van der Waals surface area contributed by atoms with Crippen LogP contribution in [0.1, 0.15) is 48.9 Å². The van der Waals surface area contributed by atoms with Gasteiger partial charge >= 0.3 is 0 Å². The molecule has 0 bridgehead atoms. The van der Waals surface area contributed by atoms with Gasteiger partial charge in [-0.1, -0.05) is 30.3 Å². The maximum atomic E-state index is 14.2. The number of amides is 1. The summed E-state index contributed by atoms with van der Waals surface area (Å²) < 4.78 is 19.4. The minimum Gasteiger partial charge on any atom is -0.493 e. The van der Waals surface area contributed by atoms with Crippen LogP contribution in [-0.2, 0) is 0 Å². The van der Waals surface area contributed by atoms with E-state index in [-0.39, 0.29) is 17.5 Å². The second kappa shape index (κ2) is 14.3. The van der Waals surface area contributed by atoms with Crippen LogP contribution in [0.4, 0.5) is 11.4 Å². The number of methoxy groups -OCH3 is 1. The summed E-state index contributed by atoms with van der Waals surface area (Å²) in [5.74, 6) is 2.30. The first kappa shape index (κ1) is 32.6. The third kappa shape index (κ3) is 6.54. The van der Waals surface area contributed by atoms with E-state index in [0.717, 1.165) is 56.6 Å². The molecule has 0 radical (unpaired) electrons. The molecule has 10 nitrogen and oxygen atoms in total. The predicted octanol–water partition coefficient (Wildman–Crippen LogP) is 7.22. The first-order valence-electron chi connectivity index (χ1n) is 17.9. The Morgan fingerprint density at radius 3 is 2.37 bits per heavy atom. The van der Waals surface area contributed by atoms with Gasteiger partial charge in [0, 0.05) is 49.6 Å². The molecule has 0 N–H and O–H groups in total. The van der Waals surface area contributed by atoms with E-state index < -0.39 is 0 Å². The van der Waals surface area contributed by atoms with Gasteiger partial charge in [-0.25, -0.2) is 4.98 Å². The maximum Gasteiger partial charge on any atom is 0.266 e. The highest BCUT2D eigenvalue weighted by Gasteiger charge is 2.32. The molecule has 2 saturated heterocycles. The van der Waals surface area contributed by atoms with E-state index in [1.807, 2.05) is 77.8 Å². The van der Waals surface area contributed by atoms with Crippen LogP contribution in [0.3, 0.4) is 0 Å². The number of fused-ring (bicyclic) bond motifs is 3. The van der Waals surface area contributed by atoms with E-state index >= 15 is 0 Å². The highest BCUT2D eigenvalue weighted by molar-refractivity contribution is 6.03. The summed E-state index contributed by atoms with van der Waals surface area (Å²) in [6, 6.07) is 27.0. The van der Waals surface area contributed by atoms with Crippen molar-refractivity contribution >= 4 is 34.4 Å². The lowest BCUT2D eigenvalue weighted by atomic mass is 10.1. The third-order valence-corrected chi connectivity index (χ3v) is 9.97. The standard InChI is InChI=1S/C41H41N5O5/c1-49-37-25-34-36(42-27-31-12-8-21-45(31)40(34)47)26-38(37)51-23-9-22-50-32-16-13-29(14-17-32)46-39(28-10-4-2-5-11-28)43-35-18-15-30(24-33(35)41(46)48)44-19-6-3-7-20-44/h2,4-5,10-11,13-18,24-27,31H,3,6-9,12,19-23H2,1H3/t31-/m0/s1. The normalized spacial score (nSPS) is 16.9. The number of nitrogens with zero attached hydrogens (tertiary/aromatic N) is 5. The summed E-state index contributed by atoms with van der Waals surface area (Å²) in [4.78, 5) is 41.3. The van der Waals surface area contributed by atoms with Crippen molar-refractivity contribution in [2.75, 3.05) is 44.9 Å². The van der Waals surface area contributed by atoms with Crippen molar-refractivity contribution in [1.29, 1.82) is 0 Å². The highest BCUT2D eigenvalue weighted by Crippen LogP contribution is 2.38. The molecular weight excluding hydrogens is 642 g/mol. The fraction of sp³-hybridized carbons (Fsp3) is 0.317. The average molecular weight is 684 g/mol. The Labute approximate surface area is 296 Å². The predicted molar refractivity (Wildman–Crippen MR) is 200 cm³/mol. The minimum absolute atomic E-state index is 0.0192. The number of carbonyl (C=O) groups excluding carboxylic acids is 1. The zero-order valence-corrected chi connectivity index (χ0v) is 28.8. The summed E-state index contributed by atoms with van der Waals surface area (Å²) in [5, 5.41) is 0.600. The lowest BCUT2D eigenvalue weighted by Crippen LogP contribution is -2.35. The molecule has 0 saturated carbocycles. The molecule has 3 aliphatic rings. The molecule has 1 atom stereocenters. The molecule has 8 rings (SSSR count). The largest absolute Gasteiger partial charge is 0.493 e. The molecule has 4 heterocycles. The van der Waals surface area contributed by atoms with Crippen molar-refractivity contribution in [3.05, 3.63) is 101 Å². The Morgan fingerprint density at radius 2 is 1.57 bits per heavy atom. The number of anilines is 1. The molecule has 5 aromatic rings. The van der Waals surface area contributed by atoms with Gasteiger partial charge in [0.15, 0.2) is 11.5 Å². The van der Waals surface area contributed by atoms with Crippen molar-refractivity contribution in [3.8, 4) is 34.3 Å². The van der Waals surface area contributed by atoms with Crippen molar-refractivity contribution in [2.45, 2.75) is 44.6 Å². The van der Waals surface area contributed by atoms with Gasteiger partial charge in [-0.05, 0) is 80.6 Å². The van der Waals surface area contributed by atoms with Crippen LogP contribution in [-0.4, -0.2) is 72.6 Å². The summed E-state index contributed by atoms with van der Waals surface area (Å²) in [6.45, 7) is 3.55. The molecule has 4 aromatic carbocycles. The van der Waals surface area contributed by atoms with Gasteiger partial charge in [-0.15, -0.1) is 0 Å². The highest BCUT2D eigenvalue weighted by atomic mass is 16.5. The number of piperidine rings is 1. The van der Waals surface area contributed by atoms with Crippen molar-refractivity contribution < 1.29 is 19.0 Å². The molecular formula is C41H41N5O5. The first-order valence-corrected chi connectivity index (χ1v) is 17.9. The summed E-state index contributed by atoms with van der Waals surface area (Å²) in [6.07, 6.45) is 7.97. The molecule has 1 aromatic heterocycles. The van der Waals surface area contributed by atoms with Gasteiger partial charge in [0.2, 0.25) is 0 Å². The van der Waals surface area contributed by atoms with Gasteiger partial charge in [-0.3, -0.25) is 19.1 Å². The molecule has 0 unspecified atom stereocenters. The maximum absolute atomic E-state index is 14.2. The molecule has 260 valence electrons. The van der Waals surface area contributed by atoms with Crippen LogP contribution in [0.15, 0.2) is 94.7 Å². The monoisotopic (exact) mass is 683 g/mol. The van der Waals surface area contributed by atoms with Crippen LogP contribution >= 0.6 is 0 Å². The number of hydrogen-bond donors (Lipinski definition) is 0. The van der Waals surface area contributed by atoms with E-state index in [1.54, 1.807) is 23.8 Å². The van der Waals surface area contributed by atoms with Crippen molar-refractivity contribution in [2.24, 2.45) is 4.99 Å². The SMILES string of the molecule is COc1cc2c(cc1OCCCOc1ccc(-n3c(-c4ccccc4)nc4ccc(N5CCCCC5)cc4c3=O)cc1)N=C[C@@H]1CCCN1C2=O. The molecule has 1 amide bonds. The van der Waals surface area contributed by atoms with Crippen molar-refractivity contribution in [3.63, 3.8) is 0 Å². The summed E-state index contributed by atoms with van der Waals surface area (Å²) in [5.41, 5.74) is 4.35. The van der Waals surface area contributed by atoms with Crippen LogP contribution in [0.5, 0.6) is 17.2 Å². The van der Waals surface area contributed by atoms with Crippen LogP contribution in [0.2, 0.25) is 0 Å². The Morgan fingerprint density at radius 1 is 0.784 bits per heavy atom. The fourth-order valence-electron chi connectivity index (χ4n) is 7.29. The summed E-state index contributed by atoms with van der Waals surface area (Å²) in [7, 11) is 1.57.